The monoisotopic (exact) mass is 339 g/mol. The van der Waals surface area contributed by atoms with Crippen molar-refractivity contribution in [2.45, 2.75) is 55.3 Å². The smallest absolute Gasteiger partial charge is 0.224 e. The van der Waals surface area contributed by atoms with Gasteiger partial charge in [-0.15, -0.1) is 0 Å². The molecular formula is C21H25NOS. The van der Waals surface area contributed by atoms with E-state index in [4.69, 9.17) is 0 Å². The number of nitrogens with zero attached hydrogens (tertiary/aromatic N) is 1. The lowest BCUT2D eigenvalue weighted by atomic mass is 10.1. The van der Waals surface area contributed by atoms with Gasteiger partial charge in [-0.1, -0.05) is 80.1 Å². The van der Waals surface area contributed by atoms with E-state index in [1.165, 1.54) is 10.5 Å². The first-order valence-corrected chi connectivity index (χ1v) is 9.63. The topological polar surface area (TPSA) is 20.3 Å². The Morgan fingerprint density at radius 3 is 2.38 bits per heavy atom. The molecule has 0 bridgehead atoms. The Labute approximate surface area is 149 Å². The van der Waals surface area contributed by atoms with Gasteiger partial charge in [0, 0.05) is 17.9 Å². The van der Waals surface area contributed by atoms with E-state index in [1.807, 2.05) is 36.0 Å². The summed E-state index contributed by atoms with van der Waals surface area (Å²) in [7, 11) is 0. The molecule has 0 saturated carbocycles. The lowest BCUT2D eigenvalue weighted by Crippen LogP contribution is -2.42. The van der Waals surface area contributed by atoms with Gasteiger partial charge in [-0.2, -0.15) is 0 Å². The highest BCUT2D eigenvalue weighted by Crippen LogP contribution is 2.47. The summed E-state index contributed by atoms with van der Waals surface area (Å²) >= 11 is 1.87. The number of benzene rings is 2. The standard InChI is InChI=1S/C21H25NOS/c1-2-3-15-21(24-19-12-8-5-9-13-19)16-14-20(23)22(21)17-18-10-6-4-7-11-18/h4-13H,2-3,14-17H2,1H3. The van der Waals surface area contributed by atoms with Crippen LogP contribution >= 0.6 is 11.8 Å². The number of thioether (sulfide) groups is 1. The van der Waals surface area contributed by atoms with Crippen molar-refractivity contribution in [3.63, 3.8) is 0 Å². The van der Waals surface area contributed by atoms with Gasteiger partial charge in [0.05, 0.1) is 4.87 Å². The van der Waals surface area contributed by atoms with Crippen molar-refractivity contribution in [3.8, 4) is 0 Å². The molecule has 1 saturated heterocycles. The van der Waals surface area contributed by atoms with Crippen LogP contribution in [0.2, 0.25) is 0 Å². The molecule has 0 aromatic heterocycles. The molecule has 1 unspecified atom stereocenters. The Bertz CT molecular complexity index is 658. The van der Waals surface area contributed by atoms with Gasteiger partial charge in [0.2, 0.25) is 5.91 Å². The molecule has 3 rings (SSSR count). The molecule has 0 spiro atoms. The van der Waals surface area contributed by atoms with E-state index in [-0.39, 0.29) is 4.87 Å². The quantitative estimate of drug-likeness (QED) is 0.665. The van der Waals surface area contributed by atoms with Crippen molar-refractivity contribution < 1.29 is 4.79 Å². The number of carbonyl (C=O) groups excluding carboxylic acids is 1. The summed E-state index contributed by atoms with van der Waals surface area (Å²) < 4.78 is 0. The molecule has 126 valence electrons. The van der Waals surface area contributed by atoms with Crippen LogP contribution in [-0.2, 0) is 11.3 Å². The number of carbonyl (C=O) groups is 1. The van der Waals surface area contributed by atoms with Crippen molar-refractivity contribution >= 4 is 17.7 Å². The lowest BCUT2D eigenvalue weighted by Gasteiger charge is -2.38. The average molecular weight is 340 g/mol. The van der Waals surface area contributed by atoms with Gasteiger partial charge in [-0.05, 0) is 30.5 Å². The summed E-state index contributed by atoms with van der Waals surface area (Å²) in [6.45, 7) is 2.93. The Hall–Kier alpha value is -1.74. The maximum atomic E-state index is 12.7. The van der Waals surface area contributed by atoms with E-state index in [0.29, 0.717) is 18.9 Å². The molecule has 3 heteroatoms. The SMILES string of the molecule is CCCCC1(Sc2ccccc2)CCC(=O)N1Cc1ccccc1. The van der Waals surface area contributed by atoms with Crippen LogP contribution in [0.4, 0.5) is 0 Å². The van der Waals surface area contributed by atoms with Crippen LogP contribution in [0.3, 0.4) is 0 Å². The molecule has 2 aromatic rings. The predicted octanol–water partition coefficient (Wildman–Crippen LogP) is 5.49. The number of hydrogen-bond donors (Lipinski definition) is 0. The second-order valence-corrected chi connectivity index (χ2v) is 7.87. The maximum Gasteiger partial charge on any atom is 0.224 e. The number of unbranched alkanes of at least 4 members (excludes halogenated alkanes) is 1. The van der Waals surface area contributed by atoms with Gasteiger partial charge in [0.15, 0.2) is 0 Å². The van der Waals surface area contributed by atoms with E-state index in [1.54, 1.807) is 0 Å². The molecule has 1 aliphatic rings. The highest BCUT2D eigenvalue weighted by Gasteiger charge is 2.45. The molecule has 1 amide bonds. The molecular weight excluding hydrogens is 314 g/mol. The van der Waals surface area contributed by atoms with Crippen molar-refractivity contribution in [2.75, 3.05) is 0 Å². The second kappa shape index (κ2) is 7.89. The predicted molar refractivity (Wildman–Crippen MR) is 101 cm³/mol. The van der Waals surface area contributed by atoms with E-state index < -0.39 is 0 Å². The lowest BCUT2D eigenvalue weighted by molar-refractivity contribution is -0.130. The van der Waals surface area contributed by atoms with Gasteiger partial charge in [-0.25, -0.2) is 0 Å². The first-order chi connectivity index (χ1) is 11.7. The molecule has 1 heterocycles. The Morgan fingerprint density at radius 2 is 1.71 bits per heavy atom. The number of rotatable bonds is 7. The first-order valence-electron chi connectivity index (χ1n) is 8.82. The maximum absolute atomic E-state index is 12.7. The van der Waals surface area contributed by atoms with Crippen LogP contribution in [0.1, 0.15) is 44.6 Å². The van der Waals surface area contributed by atoms with Crippen LogP contribution in [0.15, 0.2) is 65.6 Å². The van der Waals surface area contributed by atoms with Crippen LogP contribution in [0.25, 0.3) is 0 Å². The zero-order valence-electron chi connectivity index (χ0n) is 14.3. The molecule has 0 N–H and O–H groups in total. The Kier molecular flexibility index (Phi) is 5.62. The van der Waals surface area contributed by atoms with Crippen LogP contribution in [-0.4, -0.2) is 15.7 Å². The molecule has 2 nitrogen and oxygen atoms in total. The Balaban J connectivity index is 1.88. The summed E-state index contributed by atoms with van der Waals surface area (Å²) in [5.41, 5.74) is 1.21. The largest absolute Gasteiger partial charge is 0.323 e. The molecule has 0 radical (unpaired) electrons. The van der Waals surface area contributed by atoms with Crippen molar-refractivity contribution in [1.82, 2.24) is 4.90 Å². The Morgan fingerprint density at radius 1 is 1.04 bits per heavy atom. The minimum atomic E-state index is -0.107. The van der Waals surface area contributed by atoms with Crippen molar-refractivity contribution in [2.24, 2.45) is 0 Å². The third kappa shape index (κ3) is 3.84. The summed E-state index contributed by atoms with van der Waals surface area (Å²) in [5, 5.41) is 0. The fourth-order valence-corrected chi connectivity index (χ4v) is 4.83. The van der Waals surface area contributed by atoms with Crippen molar-refractivity contribution in [1.29, 1.82) is 0 Å². The number of amides is 1. The summed E-state index contributed by atoms with van der Waals surface area (Å²) in [4.78, 5) is 15.9. The van der Waals surface area contributed by atoms with E-state index in [2.05, 4.69) is 48.2 Å². The van der Waals surface area contributed by atoms with E-state index in [0.717, 1.165) is 25.7 Å². The summed E-state index contributed by atoms with van der Waals surface area (Å²) in [6.07, 6.45) is 4.97. The highest BCUT2D eigenvalue weighted by molar-refractivity contribution is 8.00. The summed E-state index contributed by atoms with van der Waals surface area (Å²) in [5.74, 6) is 0.290. The van der Waals surface area contributed by atoms with Crippen LogP contribution < -0.4 is 0 Å². The van der Waals surface area contributed by atoms with Gasteiger partial charge in [0.1, 0.15) is 0 Å². The normalized spacial score (nSPS) is 20.5. The zero-order valence-corrected chi connectivity index (χ0v) is 15.1. The minimum absolute atomic E-state index is 0.107. The summed E-state index contributed by atoms with van der Waals surface area (Å²) in [6, 6.07) is 20.9. The number of likely N-dealkylation sites (tertiary alicyclic amines) is 1. The fraction of sp³-hybridized carbons (Fsp3) is 0.381. The molecule has 1 atom stereocenters. The highest BCUT2D eigenvalue weighted by atomic mass is 32.2. The zero-order chi connectivity index (χ0) is 16.8. The second-order valence-electron chi connectivity index (χ2n) is 6.43. The van der Waals surface area contributed by atoms with Gasteiger partial charge in [-0.3, -0.25) is 4.79 Å². The molecule has 24 heavy (non-hydrogen) atoms. The molecule has 1 fully saturated rings. The van der Waals surface area contributed by atoms with E-state index in [9.17, 15) is 4.79 Å². The number of hydrogen-bond acceptors (Lipinski definition) is 2. The van der Waals surface area contributed by atoms with E-state index >= 15 is 0 Å². The minimum Gasteiger partial charge on any atom is -0.323 e. The van der Waals surface area contributed by atoms with Gasteiger partial charge < -0.3 is 4.90 Å². The molecule has 1 aliphatic heterocycles. The molecule has 2 aromatic carbocycles. The van der Waals surface area contributed by atoms with Crippen LogP contribution in [0, 0.1) is 0 Å². The third-order valence-electron chi connectivity index (χ3n) is 4.68. The average Bonchev–Trinajstić information content (AvgIpc) is 2.92. The van der Waals surface area contributed by atoms with Gasteiger partial charge >= 0.3 is 0 Å². The first kappa shape index (κ1) is 17.1. The fourth-order valence-electron chi connectivity index (χ4n) is 3.38. The van der Waals surface area contributed by atoms with Gasteiger partial charge in [0.25, 0.3) is 0 Å². The van der Waals surface area contributed by atoms with Crippen molar-refractivity contribution in [3.05, 3.63) is 66.2 Å². The van der Waals surface area contributed by atoms with Crippen LogP contribution in [0.5, 0.6) is 0 Å². The molecule has 0 aliphatic carbocycles. The third-order valence-corrected chi connectivity index (χ3v) is 6.19.